The summed E-state index contributed by atoms with van der Waals surface area (Å²) in [6, 6.07) is 10.6. The lowest BCUT2D eigenvalue weighted by atomic mass is 10.1. The third-order valence-corrected chi connectivity index (χ3v) is 5.11. The van der Waals surface area contributed by atoms with Crippen LogP contribution in [0.5, 0.6) is 0 Å². The molecule has 0 radical (unpaired) electrons. The fourth-order valence-electron chi connectivity index (χ4n) is 2.69. The molecule has 3 rings (SSSR count). The van der Waals surface area contributed by atoms with Gasteiger partial charge in [0.1, 0.15) is 5.65 Å². The Labute approximate surface area is 159 Å². The summed E-state index contributed by atoms with van der Waals surface area (Å²) in [6.07, 6.45) is 5.16. The highest BCUT2D eigenvalue weighted by Gasteiger charge is 2.08. The molecule has 0 unspecified atom stereocenters. The van der Waals surface area contributed by atoms with E-state index in [0.29, 0.717) is 6.61 Å². The number of hydrogen-bond donors (Lipinski definition) is 0. The van der Waals surface area contributed by atoms with Crippen molar-refractivity contribution in [3.05, 3.63) is 53.9 Å². The first-order valence-electron chi connectivity index (χ1n) is 7.74. The minimum Gasteiger partial charge on any atom is -0.378 e. The number of hydrogen-bond acceptors (Lipinski definition) is 4. The second-order valence-electron chi connectivity index (χ2n) is 5.95. The zero-order valence-corrected chi connectivity index (χ0v) is 17.0. The van der Waals surface area contributed by atoms with Gasteiger partial charge in [0.05, 0.1) is 21.5 Å². The molecule has 4 nitrogen and oxygen atoms in total. The lowest BCUT2D eigenvalue weighted by molar-refractivity contribution is 0.385. The second-order valence-corrected chi connectivity index (χ2v) is 7.39. The molecule has 1 aromatic carbocycles. The van der Waals surface area contributed by atoms with E-state index in [9.17, 15) is 0 Å². The Balaban J connectivity index is 1.90. The average Bonchev–Trinajstić information content (AvgIpc) is 2.98. The van der Waals surface area contributed by atoms with Crippen molar-refractivity contribution in [2.24, 2.45) is 0 Å². The molecule has 2 heterocycles. The van der Waals surface area contributed by atoms with Gasteiger partial charge >= 0.3 is 0 Å². The third kappa shape index (κ3) is 3.87. The van der Waals surface area contributed by atoms with Gasteiger partial charge in [0, 0.05) is 58.9 Å². The smallest absolute Gasteiger partial charge is 0.137 e. The lowest BCUT2D eigenvalue weighted by Gasteiger charge is -2.12. The van der Waals surface area contributed by atoms with Gasteiger partial charge in [-0.3, -0.25) is 0 Å². The van der Waals surface area contributed by atoms with Crippen molar-refractivity contribution >= 4 is 41.8 Å². The SMILES string of the molecule is Cc1cc2nc(-c3ccc(N(C)C)cc3)cn2cc1CCOSI. The maximum absolute atomic E-state index is 5.38. The lowest BCUT2D eigenvalue weighted by Crippen LogP contribution is -2.07. The fourth-order valence-corrected chi connectivity index (χ4v) is 3.37. The van der Waals surface area contributed by atoms with E-state index in [1.54, 1.807) is 0 Å². The Morgan fingerprint density at radius 3 is 2.62 bits per heavy atom. The maximum Gasteiger partial charge on any atom is 0.137 e. The van der Waals surface area contributed by atoms with Crippen LogP contribution in [0.1, 0.15) is 11.1 Å². The number of aryl methyl sites for hydroxylation is 1. The number of benzene rings is 1. The number of aromatic nitrogens is 2. The van der Waals surface area contributed by atoms with Crippen LogP contribution < -0.4 is 4.90 Å². The second kappa shape index (κ2) is 7.76. The molecular weight excluding hydrogens is 433 g/mol. The molecule has 2 aromatic heterocycles. The molecule has 0 saturated carbocycles. The van der Waals surface area contributed by atoms with Crippen molar-refractivity contribution in [2.75, 3.05) is 25.6 Å². The first-order valence-corrected chi connectivity index (χ1v) is 11.0. The van der Waals surface area contributed by atoms with Crippen molar-refractivity contribution in [3.63, 3.8) is 0 Å². The predicted molar refractivity (Wildman–Crippen MR) is 111 cm³/mol. The molecule has 0 aliphatic carbocycles. The Morgan fingerprint density at radius 2 is 1.96 bits per heavy atom. The van der Waals surface area contributed by atoms with Crippen LogP contribution >= 0.6 is 30.4 Å². The van der Waals surface area contributed by atoms with Gasteiger partial charge in [0.15, 0.2) is 0 Å². The summed E-state index contributed by atoms with van der Waals surface area (Å²) in [4.78, 5) is 6.87. The third-order valence-electron chi connectivity index (χ3n) is 4.09. The van der Waals surface area contributed by atoms with Crippen molar-refractivity contribution in [2.45, 2.75) is 13.3 Å². The van der Waals surface area contributed by atoms with Crippen LogP contribution in [0.4, 0.5) is 5.69 Å². The summed E-state index contributed by atoms with van der Waals surface area (Å²) in [5.41, 5.74) is 6.84. The highest BCUT2D eigenvalue weighted by molar-refractivity contribution is 14.2. The Morgan fingerprint density at radius 1 is 1.21 bits per heavy atom. The van der Waals surface area contributed by atoms with Crippen LogP contribution in [0, 0.1) is 6.92 Å². The van der Waals surface area contributed by atoms with Gasteiger partial charge in [-0.15, -0.1) is 0 Å². The highest BCUT2D eigenvalue weighted by Crippen LogP contribution is 2.23. The minimum absolute atomic E-state index is 0.716. The number of imidazole rings is 1. The van der Waals surface area contributed by atoms with Crippen LogP contribution in [0.25, 0.3) is 16.9 Å². The molecule has 0 saturated heterocycles. The first kappa shape index (κ1) is 17.6. The summed E-state index contributed by atoms with van der Waals surface area (Å²) >= 11 is 2.15. The molecule has 0 amide bonds. The minimum atomic E-state index is 0.716. The summed E-state index contributed by atoms with van der Waals surface area (Å²) in [5, 5.41) is 0. The van der Waals surface area contributed by atoms with Crippen LogP contribution in [0.2, 0.25) is 0 Å². The van der Waals surface area contributed by atoms with Gasteiger partial charge in [-0.25, -0.2) is 4.98 Å². The number of rotatable bonds is 6. The van der Waals surface area contributed by atoms with E-state index in [1.165, 1.54) is 26.0 Å². The molecule has 0 bridgehead atoms. The molecule has 0 N–H and O–H groups in total. The zero-order valence-electron chi connectivity index (χ0n) is 14.0. The predicted octanol–water partition coefficient (Wildman–Crippen LogP) is 4.93. The molecule has 0 aliphatic rings. The molecule has 0 fully saturated rings. The van der Waals surface area contributed by atoms with Gasteiger partial charge in [-0.1, -0.05) is 12.1 Å². The van der Waals surface area contributed by atoms with E-state index < -0.39 is 0 Å². The molecule has 3 aromatic rings. The maximum atomic E-state index is 5.38. The van der Waals surface area contributed by atoms with E-state index in [-0.39, 0.29) is 0 Å². The number of pyridine rings is 1. The van der Waals surface area contributed by atoms with E-state index >= 15 is 0 Å². The van der Waals surface area contributed by atoms with Crippen LogP contribution in [-0.2, 0) is 10.6 Å². The van der Waals surface area contributed by atoms with Crippen LogP contribution in [-0.4, -0.2) is 30.1 Å². The molecular formula is C18H20IN3OS. The Kier molecular flexibility index (Phi) is 5.68. The topological polar surface area (TPSA) is 29.8 Å². The van der Waals surface area contributed by atoms with Crippen molar-refractivity contribution < 1.29 is 4.18 Å². The summed E-state index contributed by atoms with van der Waals surface area (Å²) < 4.78 is 7.49. The molecule has 0 spiro atoms. The number of anilines is 1. The van der Waals surface area contributed by atoms with Crippen LogP contribution in [0.3, 0.4) is 0 Å². The zero-order chi connectivity index (χ0) is 17.1. The standard InChI is InChI=1S/C18H20IN3OS/c1-13-10-18-20-17(14-4-6-16(7-5-14)21(2)3)12-22(18)11-15(13)8-9-23-24-19/h4-7,10-12H,8-9H2,1-3H3. The number of fused-ring (bicyclic) bond motifs is 1. The van der Waals surface area contributed by atoms with Gasteiger partial charge in [-0.2, -0.15) is 0 Å². The fraction of sp³-hybridized carbons (Fsp3) is 0.278. The molecule has 126 valence electrons. The molecule has 6 heteroatoms. The van der Waals surface area contributed by atoms with E-state index in [0.717, 1.165) is 23.3 Å². The van der Waals surface area contributed by atoms with E-state index in [1.807, 2.05) is 14.1 Å². The van der Waals surface area contributed by atoms with Gasteiger partial charge < -0.3 is 13.5 Å². The van der Waals surface area contributed by atoms with Gasteiger partial charge in [0.2, 0.25) is 0 Å². The largest absolute Gasteiger partial charge is 0.378 e. The van der Waals surface area contributed by atoms with Crippen molar-refractivity contribution in [1.82, 2.24) is 9.38 Å². The summed E-state index contributed by atoms with van der Waals surface area (Å²) in [7, 11) is 5.47. The Hall–Kier alpha value is -1.25. The van der Waals surface area contributed by atoms with E-state index in [2.05, 4.69) is 80.2 Å². The molecule has 0 atom stereocenters. The van der Waals surface area contributed by atoms with E-state index in [4.69, 9.17) is 9.17 Å². The number of halogens is 1. The van der Waals surface area contributed by atoms with Gasteiger partial charge in [-0.05, 0) is 42.7 Å². The normalized spacial score (nSPS) is 11.2. The Bertz CT molecular complexity index is 830. The van der Waals surface area contributed by atoms with Crippen molar-refractivity contribution in [1.29, 1.82) is 0 Å². The van der Waals surface area contributed by atoms with Gasteiger partial charge in [0.25, 0.3) is 0 Å². The number of nitrogens with zero attached hydrogens (tertiary/aromatic N) is 3. The highest BCUT2D eigenvalue weighted by atomic mass is 127. The monoisotopic (exact) mass is 453 g/mol. The van der Waals surface area contributed by atoms with Crippen molar-refractivity contribution in [3.8, 4) is 11.3 Å². The summed E-state index contributed by atoms with van der Waals surface area (Å²) in [5.74, 6) is 0. The average molecular weight is 453 g/mol. The molecule has 24 heavy (non-hydrogen) atoms. The quantitative estimate of drug-likeness (QED) is 0.301. The van der Waals surface area contributed by atoms with Crippen LogP contribution in [0.15, 0.2) is 42.7 Å². The first-order chi connectivity index (χ1) is 11.6. The molecule has 0 aliphatic heterocycles. The summed E-state index contributed by atoms with van der Waals surface area (Å²) in [6.45, 7) is 2.85.